The molecule has 2 heterocycles. The Kier molecular flexibility index (Phi) is 6.44. The van der Waals surface area contributed by atoms with Gasteiger partial charge in [-0.25, -0.2) is 13.4 Å². The zero-order valence-electron chi connectivity index (χ0n) is 18.5. The van der Waals surface area contributed by atoms with Gasteiger partial charge in [-0.15, -0.1) is 0 Å². The Labute approximate surface area is 196 Å². The lowest BCUT2D eigenvalue weighted by molar-refractivity contribution is -0.385. The van der Waals surface area contributed by atoms with Gasteiger partial charge >= 0.3 is 0 Å². The Morgan fingerprint density at radius 2 is 1.74 bits per heavy atom. The largest absolute Gasteiger partial charge is 0.335 e. The van der Waals surface area contributed by atoms with E-state index in [0.29, 0.717) is 5.69 Å². The first-order valence-electron chi connectivity index (χ1n) is 10.7. The van der Waals surface area contributed by atoms with Crippen molar-refractivity contribution < 1.29 is 22.9 Å². The number of carbonyl (C=O) groups is 2. The van der Waals surface area contributed by atoms with E-state index in [1.807, 2.05) is 19.1 Å². The molecule has 2 aromatic rings. The predicted octanol–water partition coefficient (Wildman–Crippen LogP) is 1.92. The number of aryl methyl sites for hydroxylation is 1. The number of nitro benzene ring substituents is 1. The number of benzene rings is 2. The number of amides is 2. The summed E-state index contributed by atoms with van der Waals surface area (Å²) in [6, 6.07) is 12.2. The highest BCUT2D eigenvalue weighted by molar-refractivity contribution is 7.89. The van der Waals surface area contributed by atoms with Gasteiger partial charge in [0.25, 0.3) is 11.6 Å². The summed E-state index contributed by atoms with van der Waals surface area (Å²) in [5.74, 6) is -0.530. The smallest absolute Gasteiger partial charge is 0.270 e. The van der Waals surface area contributed by atoms with E-state index in [0.717, 1.165) is 11.6 Å². The molecule has 0 spiro atoms. The third kappa shape index (κ3) is 4.54. The van der Waals surface area contributed by atoms with Crippen LogP contribution in [0.25, 0.3) is 0 Å². The van der Waals surface area contributed by atoms with Crippen molar-refractivity contribution in [2.45, 2.75) is 24.7 Å². The number of nitrogens with zero attached hydrogens (tertiary/aromatic N) is 5. The van der Waals surface area contributed by atoms with Crippen LogP contribution in [0.2, 0.25) is 0 Å². The number of non-ortho nitro benzene ring substituents is 1. The maximum atomic E-state index is 13.1. The van der Waals surface area contributed by atoms with Crippen molar-refractivity contribution >= 4 is 38.9 Å². The van der Waals surface area contributed by atoms with Crippen LogP contribution < -0.4 is 5.01 Å². The lowest BCUT2D eigenvalue weighted by Gasteiger charge is -2.35. The molecule has 2 aromatic carbocycles. The highest BCUT2D eigenvalue weighted by Gasteiger charge is 2.34. The first kappa shape index (κ1) is 23.5. The molecule has 0 saturated carbocycles. The summed E-state index contributed by atoms with van der Waals surface area (Å²) >= 11 is 0. The molecule has 0 radical (unpaired) electrons. The molecule has 1 saturated heterocycles. The van der Waals surface area contributed by atoms with Crippen molar-refractivity contribution in [1.82, 2.24) is 9.21 Å². The van der Waals surface area contributed by atoms with Crippen LogP contribution in [-0.2, 0) is 19.6 Å². The van der Waals surface area contributed by atoms with E-state index in [2.05, 4.69) is 5.10 Å². The molecule has 1 fully saturated rings. The summed E-state index contributed by atoms with van der Waals surface area (Å²) < 4.78 is 27.1. The highest BCUT2D eigenvalue weighted by Crippen LogP contribution is 2.25. The maximum absolute atomic E-state index is 13.1. The molecule has 11 nitrogen and oxygen atoms in total. The van der Waals surface area contributed by atoms with Crippen LogP contribution in [0.3, 0.4) is 0 Å². The summed E-state index contributed by atoms with van der Waals surface area (Å²) in [5, 5.41) is 16.6. The predicted molar refractivity (Wildman–Crippen MR) is 124 cm³/mol. The van der Waals surface area contributed by atoms with Gasteiger partial charge in [0, 0.05) is 51.2 Å². The molecule has 0 atom stereocenters. The second kappa shape index (κ2) is 9.31. The molecule has 34 heavy (non-hydrogen) atoms. The number of hydrogen-bond acceptors (Lipinski definition) is 7. The molecular formula is C22H23N5O6S. The second-order valence-electron chi connectivity index (χ2n) is 7.99. The van der Waals surface area contributed by atoms with Gasteiger partial charge < -0.3 is 4.90 Å². The number of rotatable bonds is 5. The van der Waals surface area contributed by atoms with Crippen LogP contribution in [0.15, 0.2) is 58.5 Å². The fraction of sp³-hybridized carbons (Fsp3) is 0.318. The minimum atomic E-state index is -3.94. The van der Waals surface area contributed by atoms with Crippen LogP contribution in [0, 0.1) is 17.0 Å². The van der Waals surface area contributed by atoms with Gasteiger partial charge in [-0.3, -0.25) is 19.7 Å². The number of hydrogen-bond donors (Lipinski definition) is 0. The lowest BCUT2D eigenvalue weighted by atomic mass is 10.1. The van der Waals surface area contributed by atoms with Gasteiger partial charge in [-0.2, -0.15) is 9.41 Å². The van der Waals surface area contributed by atoms with Crippen LogP contribution in [-0.4, -0.2) is 66.3 Å². The van der Waals surface area contributed by atoms with E-state index in [1.54, 1.807) is 12.1 Å². The minimum absolute atomic E-state index is 0.0461. The topological polar surface area (TPSA) is 134 Å². The van der Waals surface area contributed by atoms with Gasteiger partial charge in [0.1, 0.15) is 5.71 Å². The number of anilines is 1. The molecule has 0 bridgehead atoms. The Bertz CT molecular complexity index is 1280. The van der Waals surface area contributed by atoms with Crippen LogP contribution >= 0.6 is 0 Å². The molecule has 0 N–H and O–H groups in total. The fourth-order valence-corrected chi connectivity index (χ4v) is 5.38. The Morgan fingerprint density at radius 3 is 2.41 bits per heavy atom. The van der Waals surface area contributed by atoms with Gasteiger partial charge in [0.05, 0.1) is 15.5 Å². The summed E-state index contributed by atoms with van der Waals surface area (Å²) in [6.07, 6.45) is 0.367. The lowest BCUT2D eigenvalue weighted by Crippen LogP contribution is -2.52. The molecule has 2 amide bonds. The number of sulfonamides is 1. The van der Waals surface area contributed by atoms with Crippen LogP contribution in [0.4, 0.5) is 11.4 Å². The van der Waals surface area contributed by atoms with E-state index >= 15 is 0 Å². The van der Waals surface area contributed by atoms with Gasteiger partial charge in [0.2, 0.25) is 15.9 Å². The highest BCUT2D eigenvalue weighted by atomic mass is 32.2. The standard InChI is InChI=1S/C22H23N5O6S/c1-16-5-2-3-8-20(16)26-21(28)10-9-19(23-26)22(29)24-11-13-25(14-12-24)34(32,33)18-7-4-6-17(15-18)27(30)31/h2-8,15H,9-14H2,1H3. The van der Waals surface area contributed by atoms with Gasteiger partial charge in [-0.05, 0) is 24.6 Å². The normalized spacial score (nSPS) is 17.4. The molecule has 12 heteroatoms. The van der Waals surface area contributed by atoms with Crippen LogP contribution in [0.5, 0.6) is 0 Å². The summed E-state index contributed by atoms with van der Waals surface area (Å²) in [7, 11) is -3.94. The molecule has 178 valence electrons. The average Bonchev–Trinajstić information content (AvgIpc) is 2.84. The Hall–Kier alpha value is -3.64. The van der Waals surface area contributed by atoms with Gasteiger partial charge in [-0.1, -0.05) is 24.3 Å². The zero-order chi connectivity index (χ0) is 24.5. The molecule has 0 aliphatic carbocycles. The van der Waals surface area contributed by atoms with Crippen molar-refractivity contribution in [3.05, 3.63) is 64.2 Å². The Morgan fingerprint density at radius 1 is 1.03 bits per heavy atom. The quantitative estimate of drug-likeness (QED) is 0.469. The molecular weight excluding hydrogens is 462 g/mol. The summed E-state index contributed by atoms with van der Waals surface area (Å²) in [4.78, 5) is 37.2. The molecule has 0 aromatic heterocycles. The monoisotopic (exact) mass is 485 g/mol. The summed E-state index contributed by atoms with van der Waals surface area (Å²) in [6.45, 7) is 2.23. The average molecular weight is 486 g/mol. The second-order valence-corrected chi connectivity index (χ2v) is 9.93. The number of piperazine rings is 1. The maximum Gasteiger partial charge on any atom is 0.270 e. The SMILES string of the molecule is Cc1ccccc1N1N=C(C(=O)N2CCN(S(=O)(=O)c3cccc([N+](=O)[O-])c3)CC2)CCC1=O. The van der Waals surface area contributed by atoms with E-state index in [4.69, 9.17) is 0 Å². The first-order valence-corrected chi connectivity index (χ1v) is 12.1. The van der Waals surface area contributed by atoms with Gasteiger partial charge in [0.15, 0.2) is 0 Å². The third-order valence-corrected chi connectivity index (χ3v) is 7.71. The molecule has 4 rings (SSSR count). The minimum Gasteiger partial charge on any atom is -0.335 e. The van der Waals surface area contributed by atoms with Crippen molar-refractivity contribution in [3.63, 3.8) is 0 Å². The van der Waals surface area contributed by atoms with E-state index in [1.165, 1.54) is 32.4 Å². The van der Waals surface area contributed by atoms with Crippen molar-refractivity contribution in [2.75, 3.05) is 31.2 Å². The molecule has 2 aliphatic rings. The zero-order valence-corrected chi connectivity index (χ0v) is 19.3. The summed E-state index contributed by atoms with van der Waals surface area (Å²) in [5.41, 5.74) is 1.41. The van der Waals surface area contributed by atoms with E-state index < -0.39 is 14.9 Å². The van der Waals surface area contributed by atoms with E-state index in [-0.39, 0.29) is 67.1 Å². The fourth-order valence-electron chi connectivity index (χ4n) is 3.92. The number of hydrazone groups is 1. The molecule has 2 aliphatic heterocycles. The van der Waals surface area contributed by atoms with Crippen LogP contribution in [0.1, 0.15) is 18.4 Å². The third-order valence-electron chi connectivity index (χ3n) is 5.82. The van der Waals surface area contributed by atoms with E-state index in [9.17, 15) is 28.1 Å². The first-order chi connectivity index (χ1) is 16.2. The number of para-hydroxylation sites is 1. The Balaban J connectivity index is 1.47. The van der Waals surface area contributed by atoms with Crippen molar-refractivity contribution in [1.29, 1.82) is 0 Å². The molecule has 0 unspecified atom stereocenters. The van der Waals surface area contributed by atoms with Crippen molar-refractivity contribution in [3.8, 4) is 0 Å². The van der Waals surface area contributed by atoms with Crippen molar-refractivity contribution in [2.24, 2.45) is 5.10 Å². The number of carbonyl (C=O) groups excluding carboxylic acids is 2. The number of nitro groups is 1.